The topological polar surface area (TPSA) is 76.2 Å². The molecule has 0 aromatic carbocycles. The van der Waals surface area contributed by atoms with Crippen LogP contribution in [0.15, 0.2) is 18.5 Å². The van der Waals surface area contributed by atoms with Crippen LogP contribution in [0.4, 0.5) is 0 Å². The summed E-state index contributed by atoms with van der Waals surface area (Å²) in [7, 11) is 0. The van der Waals surface area contributed by atoms with Crippen molar-refractivity contribution in [3.8, 4) is 0 Å². The number of pyridine rings is 1. The molecule has 0 aliphatic heterocycles. The quantitative estimate of drug-likeness (QED) is 0.797. The largest absolute Gasteiger partial charge is 0.481 e. The normalized spacial score (nSPS) is 12.4. The number of carboxylic acid groups (broad SMARTS) is 1. The lowest BCUT2D eigenvalue weighted by Crippen LogP contribution is -2.20. The Morgan fingerprint density at radius 1 is 1.67 bits per heavy atom. The van der Waals surface area contributed by atoms with E-state index in [1.807, 2.05) is 0 Å². The van der Waals surface area contributed by atoms with Crippen LogP contribution in [0.2, 0.25) is 5.02 Å². The summed E-state index contributed by atoms with van der Waals surface area (Å²) < 4.78 is 0. The SMILES string of the molecule is NCCC(Cc1ccncc1Cl)C(=O)O. The smallest absolute Gasteiger partial charge is 0.306 e. The van der Waals surface area contributed by atoms with Crippen molar-refractivity contribution in [1.29, 1.82) is 0 Å². The summed E-state index contributed by atoms with van der Waals surface area (Å²) in [5.41, 5.74) is 6.15. The van der Waals surface area contributed by atoms with E-state index in [9.17, 15) is 4.79 Å². The summed E-state index contributed by atoms with van der Waals surface area (Å²) in [6, 6.07) is 1.73. The molecule has 0 fully saturated rings. The van der Waals surface area contributed by atoms with Crippen LogP contribution in [0, 0.1) is 5.92 Å². The molecule has 1 aromatic rings. The van der Waals surface area contributed by atoms with Crippen molar-refractivity contribution in [2.24, 2.45) is 11.7 Å². The number of nitrogens with zero attached hydrogens (tertiary/aromatic N) is 1. The van der Waals surface area contributed by atoms with Gasteiger partial charge in [0.25, 0.3) is 0 Å². The lowest BCUT2D eigenvalue weighted by Gasteiger charge is -2.11. The fourth-order valence-corrected chi connectivity index (χ4v) is 1.55. The van der Waals surface area contributed by atoms with Crippen molar-refractivity contribution in [1.82, 2.24) is 4.98 Å². The predicted octanol–water partition coefficient (Wildman–Crippen LogP) is 1.33. The first-order valence-electron chi connectivity index (χ1n) is 4.66. The highest BCUT2D eigenvalue weighted by Gasteiger charge is 2.18. The van der Waals surface area contributed by atoms with Gasteiger partial charge in [0.05, 0.1) is 10.9 Å². The van der Waals surface area contributed by atoms with Gasteiger partial charge in [0.15, 0.2) is 0 Å². The second kappa shape index (κ2) is 5.68. The van der Waals surface area contributed by atoms with Crippen LogP contribution in [0.5, 0.6) is 0 Å². The molecule has 5 heteroatoms. The maximum absolute atomic E-state index is 10.9. The molecule has 0 radical (unpaired) electrons. The monoisotopic (exact) mass is 228 g/mol. The Morgan fingerprint density at radius 3 is 2.93 bits per heavy atom. The van der Waals surface area contributed by atoms with Crippen molar-refractivity contribution in [2.45, 2.75) is 12.8 Å². The highest BCUT2D eigenvalue weighted by Crippen LogP contribution is 2.19. The molecule has 4 nitrogen and oxygen atoms in total. The minimum Gasteiger partial charge on any atom is -0.481 e. The minimum atomic E-state index is -0.840. The minimum absolute atomic E-state index is 0.361. The van der Waals surface area contributed by atoms with Crippen molar-refractivity contribution in [3.05, 3.63) is 29.0 Å². The standard InChI is InChI=1S/C10H13ClN2O2/c11-9-6-13-4-2-7(9)5-8(1-3-12)10(14)15/h2,4,6,8H,1,3,5,12H2,(H,14,15). The highest BCUT2D eigenvalue weighted by atomic mass is 35.5. The van der Waals surface area contributed by atoms with Gasteiger partial charge in [-0.25, -0.2) is 0 Å². The van der Waals surface area contributed by atoms with Gasteiger partial charge in [0, 0.05) is 12.4 Å². The molecule has 0 aliphatic rings. The Labute approximate surface area is 93.1 Å². The molecule has 82 valence electrons. The number of carbonyl (C=O) groups is 1. The van der Waals surface area contributed by atoms with E-state index in [1.165, 1.54) is 6.20 Å². The highest BCUT2D eigenvalue weighted by molar-refractivity contribution is 6.31. The zero-order chi connectivity index (χ0) is 11.3. The van der Waals surface area contributed by atoms with Crippen LogP contribution in [0.1, 0.15) is 12.0 Å². The number of aromatic nitrogens is 1. The van der Waals surface area contributed by atoms with Crippen molar-refractivity contribution >= 4 is 17.6 Å². The third-order valence-electron chi connectivity index (χ3n) is 2.19. The lowest BCUT2D eigenvalue weighted by molar-refractivity contribution is -0.141. The fourth-order valence-electron chi connectivity index (χ4n) is 1.35. The first-order chi connectivity index (χ1) is 7.15. The Kier molecular flexibility index (Phi) is 4.52. The average Bonchev–Trinajstić information content (AvgIpc) is 2.20. The summed E-state index contributed by atoms with van der Waals surface area (Å²) in [6.45, 7) is 0.361. The van der Waals surface area contributed by atoms with Gasteiger partial charge in [-0.2, -0.15) is 0 Å². The Bertz CT molecular complexity index is 344. The molecule has 0 saturated carbocycles. The molecule has 3 N–H and O–H groups in total. The first-order valence-corrected chi connectivity index (χ1v) is 5.04. The van der Waals surface area contributed by atoms with E-state index < -0.39 is 11.9 Å². The summed E-state index contributed by atoms with van der Waals surface area (Å²) in [5, 5.41) is 9.44. The van der Waals surface area contributed by atoms with E-state index in [4.69, 9.17) is 22.4 Å². The molecule has 0 spiro atoms. The van der Waals surface area contributed by atoms with Crippen molar-refractivity contribution < 1.29 is 9.90 Å². The molecule has 1 aromatic heterocycles. The maximum atomic E-state index is 10.9. The number of hydrogen-bond donors (Lipinski definition) is 2. The maximum Gasteiger partial charge on any atom is 0.306 e. The summed E-state index contributed by atoms with van der Waals surface area (Å²) in [6.07, 6.45) is 3.96. The van der Waals surface area contributed by atoms with Crippen LogP contribution >= 0.6 is 11.6 Å². The Balaban J connectivity index is 2.74. The van der Waals surface area contributed by atoms with Crippen LogP contribution < -0.4 is 5.73 Å². The molecule has 1 rings (SSSR count). The van der Waals surface area contributed by atoms with Gasteiger partial charge >= 0.3 is 5.97 Å². The lowest BCUT2D eigenvalue weighted by atomic mass is 9.97. The van der Waals surface area contributed by atoms with Crippen LogP contribution in [0.25, 0.3) is 0 Å². The molecule has 15 heavy (non-hydrogen) atoms. The molecule has 0 saturated heterocycles. The number of halogens is 1. The molecule has 0 aliphatic carbocycles. The number of aliphatic carboxylic acids is 1. The molecule has 0 bridgehead atoms. The first kappa shape index (κ1) is 11.9. The Hall–Kier alpha value is -1.13. The van der Waals surface area contributed by atoms with E-state index >= 15 is 0 Å². The number of rotatable bonds is 5. The third kappa shape index (κ3) is 3.49. The number of nitrogens with two attached hydrogens (primary N) is 1. The second-order valence-corrected chi connectivity index (χ2v) is 3.69. The molecular weight excluding hydrogens is 216 g/mol. The van der Waals surface area contributed by atoms with Gasteiger partial charge in [-0.15, -0.1) is 0 Å². The van der Waals surface area contributed by atoms with E-state index in [0.29, 0.717) is 24.4 Å². The van der Waals surface area contributed by atoms with Gasteiger partial charge in [0.2, 0.25) is 0 Å². The molecule has 1 unspecified atom stereocenters. The van der Waals surface area contributed by atoms with E-state index in [0.717, 1.165) is 5.56 Å². The van der Waals surface area contributed by atoms with E-state index in [2.05, 4.69) is 4.98 Å². The number of hydrogen-bond acceptors (Lipinski definition) is 3. The van der Waals surface area contributed by atoms with E-state index in [1.54, 1.807) is 12.3 Å². The summed E-state index contributed by atoms with van der Waals surface area (Å²) in [4.78, 5) is 14.7. The van der Waals surface area contributed by atoms with Crippen LogP contribution in [0.3, 0.4) is 0 Å². The number of carboxylic acids is 1. The summed E-state index contributed by atoms with van der Waals surface area (Å²) in [5.74, 6) is -1.32. The van der Waals surface area contributed by atoms with Gasteiger partial charge in [-0.05, 0) is 31.0 Å². The van der Waals surface area contributed by atoms with Gasteiger partial charge in [0.1, 0.15) is 0 Å². The third-order valence-corrected chi connectivity index (χ3v) is 2.53. The van der Waals surface area contributed by atoms with Crippen molar-refractivity contribution in [2.75, 3.05) is 6.54 Å². The van der Waals surface area contributed by atoms with Gasteiger partial charge < -0.3 is 10.8 Å². The average molecular weight is 229 g/mol. The van der Waals surface area contributed by atoms with E-state index in [-0.39, 0.29) is 0 Å². The molecule has 1 atom stereocenters. The van der Waals surface area contributed by atoms with Crippen LogP contribution in [-0.4, -0.2) is 22.6 Å². The van der Waals surface area contributed by atoms with Crippen molar-refractivity contribution in [3.63, 3.8) is 0 Å². The van der Waals surface area contributed by atoms with Gasteiger partial charge in [-0.1, -0.05) is 11.6 Å². The molecule has 1 heterocycles. The molecule has 0 amide bonds. The zero-order valence-corrected chi connectivity index (χ0v) is 8.94. The fraction of sp³-hybridized carbons (Fsp3) is 0.400. The molecular formula is C10H13ClN2O2. The van der Waals surface area contributed by atoms with Crippen LogP contribution in [-0.2, 0) is 11.2 Å². The van der Waals surface area contributed by atoms with Gasteiger partial charge in [-0.3, -0.25) is 9.78 Å². The second-order valence-electron chi connectivity index (χ2n) is 3.28. The Morgan fingerprint density at radius 2 is 2.40 bits per heavy atom. The summed E-state index contributed by atoms with van der Waals surface area (Å²) >= 11 is 5.89. The zero-order valence-electron chi connectivity index (χ0n) is 8.19. The predicted molar refractivity (Wildman–Crippen MR) is 57.7 cm³/mol.